The van der Waals surface area contributed by atoms with E-state index in [1.807, 2.05) is 0 Å². The molecule has 0 bridgehead atoms. The summed E-state index contributed by atoms with van der Waals surface area (Å²) in [5.41, 5.74) is 5.45. The van der Waals surface area contributed by atoms with Gasteiger partial charge in [-0.15, -0.1) is 0 Å². The number of rotatable bonds is 7. The topological polar surface area (TPSA) is 50.5 Å². The molecule has 1 aromatic rings. The lowest BCUT2D eigenvalue weighted by Crippen LogP contribution is -2.33. The van der Waals surface area contributed by atoms with Gasteiger partial charge in [0.25, 0.3) is 0 Å². The molecule has 0 spiro atoms. The van der Waals surface area contributed by atoms with E-state index in [-0.39, 0.29) is 6.04 Å². The van der Waals surface area contributed by atoms with Gasteiger partial charge in [0, 0.05) is 12.0 Å². The first-order valence-corrected chi connectivity index (χ1v) is 7.23. The summed E-state index contributed by atoms with van der Waals surface area (Å²) in [7, 11) is 0. The number of hydrazine groups is 1. The Kier molecular flexibility index (Phi) is 5.19. The molecule has 0 radical (unpaired) electrons. The van der Waals surface area contributed by atoms with Gasteiger partial charge in [-0.2, -0.15) is 0 Å². The highest BCUT2D eigenvalue weighted by molar-refractivity contribution is 5.45. The molecule has 0 amide bonds. The zero-order valence-corrected chi connectivity index (χ0v) is 12.0. The lowest BCUT2D eigenvalue weighted by Gasteiger charge is -2.23. The first kappa shape index (κ1) is 14.3. The Morgan fingerprint density at radius 3 is 2.84 bits per heavy atom. The van der Waals surface area contributed by atoms with Crippen LogP contribution in [0, 0.1) is 0 Å². The summed E-state index contributed by atoms with van der Waals surface area (Å²) in [6, 6.07) is 6.53. The van der Waals surface area contributed by atoms with Gasteiger partial charge < -0.3 is 9.64 Å². The van der Waals surface area contributed by atoms with E-state index in [0.29, 0.717) is 0 Å². The summed E-state index contributed by atoms with van der Waals surface area (Å²) in [5, 5.41) is 0. The van der Waals surface area contributed by atoms with E-state index in [4.69, 9.17) is 10.6 Å². The number of fused-ring (bicyclic) bond motifs is 1. The number of hydrogen-bond donors (Lipinski definition) is 2. The molecular formula is C15H25N3O. The minimum Gasteiger partial charge on any atom is -0.493 e. The Bertz CT molecular complexity index is 404. The summed E-state index contributed by atoms with van der Waals surface area (Å²) < 4.78 is 5.76. The van der Waals surface area contributed by atoms with Crippen molar-refractivity contribution >= 4 is 0 Å². The van der Waals surface area contributed by atoms with E-state index < -0.39 is 0 Å². The van der Waals surface area contributed by atoms with Gasteiger partial charge in [0.1, 0.15) is 5.75 Å². The minimum absolute atomic E-state index is 0.161. The molecule has 1 aliphatic rings. The molecule has 106 valence electrons. The van der Waals surface area contributed by atoms with Crippen LogP contribution in [0.5, 0.6) is 5.75 Å². The first-order chi connectivity index (χ1) is 9.30. The second kappa shape index (κ2) is 6.89. The molecule has 0 saturated heterocycles. The lowest BCUT2D eigenvalue weighted by atomic mass is 10.00. The summed E-state index contributed by atoms with van der Waals surface area (Å²) in [4.78, 5) is 2.41. The minimum atomic E-state index is 0.161. The number of ether oxygens (including phenoxy) is 1. The van der Waals surface area contributed by atoms with Crippen LogP contribution in [-0.4, -0.2) is 31.1 Å². The van der Waals surface area contributed by atoms with Crippen LogP contribution < -0.4 is 16.0 Å². The predicted octanol–water partition coefficient (Wildman–Crippen LogP) is 1.86. The molecule has 1 heterocycles. The second-order valence-electron chi connectivity index (χ2n) is 4.97. The first-order valence-electron chi connectivity index (χ1n) is 7.23. The average Bonchev–Trinajstić information content (AvgIpc) is 2.92. The van der Waals surface area contributed by atoms with Crippen molar-refractivity contribution in [3.63, 3.8) is 0 Å². The van der Waals surface area contributed by atoms with E-state index in [0.717, 1.165) is 44.8 Å². The van der Waals surface area contributed by atoms with Crippen molar-refractivity contribution in [2.75, 3.05) is 26.2 Å². The van der Waals surface area contributed by atoms with Crippen LogP contribution in [0.4, 0.5) is 0 Å². The van der Waals surface area contributed by atoms with Crippen molar-refractivity contribution < 1.29 is 4.74 Å². The number of benzene rings is 1. The fourth-order valence-corrected chi connectivity index (χ4v) is 2.70. The predicted molar refractivity (Wildman–Crippen MR) is 78.1 cm³/mol. The summed E-state index contributed by atoms with van der Waals surface area (Å²) >= 11 is 0. The number of nitrogens with one attached hydrogen (secondary N) is 1. The highest BCUT2D eigenvalue weighted by Gasteiger charge is 2.21. The molecule has 0 aromatic heterocycles. The molecule has 4 nitrogen and oxygen atoms in total. The van der Waals surface area contributed by atoms with Crippen LogP contribution in [0.2, 0.25) is 0 Å². The largest absolute Gasteiger partial charge is 0.493 e. The monoisotopic (exact) mass is 263 g/mol. The molecule has 2 rings (SSSR count). The number of hydrogen-bond acceptors (Lipinski definition) is 4. The number of nitrogens with two attached hydrogens (primary N) is 1. The Morgan fingerprint density at radius 1 is 1.37 bits per heavy atom. The van der Waals surface area contributed by atoms with Gasteiger partial charge in [-0.3, -0.25) is 11.3 Å². The smallest absolute Gasteiger partial charge is 0.127 e. The van der Waals surface area contributed by atoms with Crippen LogP contribution in [0.15, 0.2) is 18.2 Å². The molecule has 19 heavy (non-hydrogen) atoms. The summed E-state index contributed by atoms with van der Waals surface area (Å²) in [6.45, 7) is 8.38. The molecule has 0 fully saturated rings. The summed E-state index contributed by atoms with van der Waals surface area (Å²) in [5.74, 6) is 6.79. The highest BCUT2D eigenvalue weighted by Crippen LogP contribution is 2.34. The fraction of sp³-hybridized carbons (Fsp3) is 0.600. The zero-order chi connectivity index (χ0) is 13.7. The third kappa shape index (κ3) is 3.26. The third-order valence-corrected chi connectivity index (χ3v) is 3.95. The quantitative estimate of drug-likeness (QED) is 0.582. The third-order valence-electron chi connectivity index (χ3n) is 3.95. The Morgan fingerprint density at radius 2 is 2.16 bits per heavy atom. The van der Waals surface area contributed by atoms with Gasteiger partial charge in [-0.25, -0.2) is 0 Å². The van der Waals surface area contributed by atoms with Crippen molar-refractivity contribution in [3.8, 4) is 5.75 Å². The van der Waals surface area contributed by atoms with Crippen LogP contribution in [0.1, 0.15) is 37.4 Å². The highest BCUT2D eigenvalue weighted by atomic mass is 16.5. The van der Waals surface area contributed by atoms with E-state index in [1.54, 1.807) is 0 Å². The zero-order valence-electron chi connectivity index (χ0n) is 12.0. The van der Waals surface area contributed by atoms with Gasteiger partial charge in [-0.1, -0.05) is 32.0 Å². The maximum absolute atomic E-state index is 5.76. The maximum atomic E-state index is 5.76. The number of para-hydroxylation sites is 1. The maximum Gasteiger partial charge on any atom is 0.127 e. The van der Waals surface area contributed by atoms with Gasteiger partial charge in [0.05, 0.1) is 12.6 Å². The SMILES string of the molecule is CCN(CC)CCC(NN)c1cccc2c1OCC2. The van der Waals surface area contributed by atoms with Crippen molar-refractivity contribution in [1.29, 1.82) is 0 Å². The normalized spacial score (nSPS) is 15.4. The van der Waals surface area contributed by atoms with Crippen LogP contribution in [0.3, 0.4) is 0 Å². The van der Waals surface area contributed by atoms with E-state index in [9.17, 15) is 0 Å². The fourth-order valence-electron chi connectivity index (χ4n) is 2.70. The van der Waals surface area contributed by atoms with E-state index >= 15 is 0 Å². The molecular weight excluding hydrogens is 238 g/mol. The van der Waals surface area contributed by atoms with Crippen LogP contribution in [0.25, 0.3) is 0 Å². The second-order valence-corrected chi connectivity index (χ2v) is 4.97. The molecule has 0 saturated carbocycles. The lowest BCUT2D eigenvalue weighted by molar-refractivity contribution is 0.279. The average molecular weight is 263 g/mol. The molecule has 1 unspecified atom stereocenters. The molecule has 3 N–H and O–H groups in total. The van der Waals surface area contributed by atoms with Crippen molar-refractivity contribution in [2.45, 2.75) is 32.7 Å². The van der Waals surface area contributed by atoms with E-state index in [2.05, 4.69) is 42.4 Å². The number of nitrogens with zero attached hydrogens (tertiary/aromatic N) is 1. The van der Waals surface area contributed by atoms with Crippen LogP contribution in [-0.2, 0) is 6.42 Å². The van der Waals surface area contributed by atoms with Crippen molar-refractivity contribution in [1.82, 2.24) is 10.3 Å². The molecule has 4 heteroatoms. The van der Waals surface area contributed by atoms with Crippen LogP contribution >= 0.6 is 0 Å². The van der Waals surface area contributed by atoms with Crippen molar-refractivity contribution in [3.05, 3.63) is 29.3 Å². The molecule has 0 aliphatic carbocycles. The van der Waals surface area contributed by atoms with Gasteiger partial charge >= 0.3 is 0 Å². The molecule has 1 aromatic carbocycles. The van der Waals surface area contributed by atoms with Gasteiger partial charge in [0.2, 0.25) is 0 Å². The van der Waals surface area contributed by atoms with Crippen molar-refractivity contribution in [2.24, 2.45) is 5.84 Å². The van der Waals surface area contributed by atoms with Gasteiger partial charge in [0.15, 0.2) is 0 Å². The van der Waals surface area contributed by atoms with Gasteiger partial charge in [-0.05, 0) is 31.6 Å². The Labute approximate surface area is 115 Å². The molecule has 1 atom stereocenters. The standard InChI is InChI=1S/C15H25N3O/c1-3-18(4-2)10-8-14(17-16)13-7-5-6-12-9-11-19-15(12)13/h5-7,14,17H,3-4,8-11,16H2,1-2H3. The Balaban J connectivity index is 2.07. The Hall–Kier alpha value is -1.10. The summed E-state index contributed by atoms with van der Waals surface area (Å²) in [6.07, 6.45) is 2.01. The molecule has 1 aliphatic heterocycles. The van der Waals surface area contributed by atoms with E-state index in [1.165, 1.54) is 11.1 Å².